The lowest BCUT2D eigenvalue weighted by Gasteiger charge is -2.15. The molecule has 0 aromatic heterocycles. The number of hydrogen-bond acceptors (Lipinski definition) is 4. The van der Waals surface area contributed by atoms with E-state index in [0.717, 1.165) is 29.8 Å². The predicted octanol–water partition coefficient (Wildman–Crippen LogP) is 2.76. The lowest BCUT2D eigenvalue weighted by Crippen LogP contribution is -2.25. The zero-order valence-corrected chi connectivity index (χ0v) is 11.8. The summed E-state index contributed by atoms with van der Waals surface area (Å²) >= 11 is 0. The summed E-state index contributed by atoms with van der Waals surface area (Å²) in [5, 5.41) is 3.32. The summed E-state index contributed by atoms with van der Waals surface area (Å²) in [7, 11) is 1.45. The average molecular weight is 263 g/mol. The molecule has 4 heteroatoms. The summed E-state index contributed by atoms with van der Waals surface area (Å²) in [6.45, 7) is 5.29. The number of aryl methyl sites for hydroxylation is 1. The fourth-order valence-electron chi connectivity index (χ4n) is 2.17. The van der Waals surface area contributed by atoms with E-state index < -0.39 is 0 Å². The monoisotopic (exact) mass is 263 g/mol. The van der Waals surface area contributed by atoms with Crippen molar-refractivity contribution in [1.29, 1.82) is 0 Å². The molecule has 0 amide bonds. The minimum atomic E-state index is -0.304. The molecule has 0 bridgehead atoms. The van der Waals surface area contributed by atoms with Gasteiger partial charge in [-0.1, -0.05) is 0 Å². The average Bonchev–Trinajstić information content (AvgIpc) is 3.20. The van der Waals surface area contributed by atoms with Crippen molar-refractivity contribution in [3.05, 3.63) is 23.8 Å². The van der Waals surface area contributed by atoms with Crippen LogP contribution in [-0.4, -0.2) is 26.2 Å². The molecule has 1 saturated carbocycles. The van der Waals surface area contributed by atoms with Gasteiger partial charge in [0.2, 0.25) is 0 Å². The third-order valence-corrected chi connectivity index (χ3v) is 3.58. The van der Waals surface area contributed by atoms with Crippen LogP contribution in [0.5, 0.6) is 5.75 Å². The molecule has 19 heavy (non-hydrogen) atoms. The molecule has 0 heterocycles. The number of hydrogen-bond donors (Lipinski definition) is 1. The quantitative estimate of drug-likeness (QED) is 0.802. The normalized spacial score (nSPS) is 15.7. The Morgan fingerprint density at radius 3 is 2.68 bits per heavy atom. The van der Waals surface area contributed by atoms with Crippen molar-refractivity contribution >= 4 is 11.7 Å². The first-order valence-corrected chi connectivity index (χ1v) is 6.67. The molecule has 0 atom stereocenters. The van der Waals surface area contributed by atoms with Crippen molar-refractivity contribution in [2.24, 2.45) is 5.41 Å². The first-order chi connectivity index (χ1) is 9.11. The van der Waals surface area contributed by atoms with Crippen LogP contribution in [0.1, 0.15) is 25.3 Å². The molecule has 2 rings (SSSR count). The van der Waals surface area contributed by atoms with Gasteiger partial charge in [0.05, 0.1) is 19.1 Å². The minimum Gasteiger partial charge on any atom is -0.494 e. The van der Waals surface area contributed by atoms with Gasteiger partial charge in [-0.05, 0) is 50.5 Å². The van der Waals surface area contributed by atoms with E-state index in [1.54, 1.807) is 0 Å². The van der Waals surface area contributed by atoms with Gasteiger partial charge in [0.15, 0.2) is 0 Å². The van der Waals surface area contributed by atoms with Gasteiger partial charge in [0, 0.05) is 12.2 Å². The molecule has 0 saturated heterocycles. The van der Waals surface area contributed by atoms with Crippen LogP contribution in [0.4, 0.5) is 5.69 Å². The van der Waals surface area contributed by atoms with E-state index in [1.165, 1.54) is 7.11 Å². The number of ether oxygens (including phenoxy) is 2. The maximum Gasteiger partial charge on any atom is 0.313 e. The Kier molecular flexibility index (Phi) is 3.98. The molecule has 4 nitrogen and oxygen atoms in total. The summed E-state index contributed by atoms with van der Waals surface area (Å²) in [6.07, 6.45) is 1.81. The smallest absolute Gasteiger partial charge is 0.313 e. The molecule has 1 N–H and O–H groups in total. The van der Waals surface area contributed by atoms with Gasteiger partial charge in [-0.2, -0.15) is 0 Å². The summed E-state index contributed by atoms with van der Waals surface area (Å²) in [5.74, 6) is 0.796. The third kappa shape index (κ3) is 3.00. The van der Waals surface area contributed by atoms with Gasteiger partial charge in [-0.15, -0.1) is 0 Å². The van der Waals surface area contributed by atoms with Crippen LogP contribution in [0.2, 0.25) is 0 Å². The largest absolute Gasteiger partial charge is 0.494 e. The molecule has 1 fully saturated rings. The summed E-state index contributed by atoms with van der Waals surface area (Å²) in [5.41, 5.74) is 1.80. The lowest BCUT2D eigenvalue weighted by atomic mass is 10.1. The SMILES string of the molecule is CCOc1ccc(NCC2(C(=O)OC)CC2)cc1C. The van der Waals surface area contributed by atoms with Gasteiger partial charge >= 0.3 is 5.97 Å². The molecule has 1 aliphatic carbocycles. The number of nitrogens with one attached hydrogen (secondary N) is 1. The van der Waals surface area contributed by atoms with E-state index in [4.69, 9.17) is 9.47 Å². The first kappa shape index (κ1) is 13.7. The van der Waals surface area contributed by atoms with Gasteiger partial charge in [0.1, 0.15) is 5.75 Å². The van der Waals surface area contributed by atoms with Gasteiger partial charge in [-0.3, -0.25) is 4.79 Å². The Morgan fingerprint density at radius 2 is 2.16 bits per heavy atom. The van der Waals surface area contributed by atoms with Crippen LogP contribution in [0.25, 0.3) is 0 Å². The number of rotatable bonds is 6. The molecular weight excluding hydrogens is 242 g/mol. The standard InChI is InChI=1S/C15H21NO3/c1-4-19-13-6-5-12(9-11(13)2)16-10-15(7-8-15)14(17)18-3/h5-6,9,16H,4,7-8,10H2,1-3H3. The van der Waals surface area contributed by atoms with Crippen molar-refractivity contribution < 1.29 is 14.3 Å². The second-order valence-corrected chi connectivity index (χ2v) is 5.04. The summed E-state index contributed by atoms with van der Waals surface area (Å²) in [6, 6.07) is 5.97. The minimum absolute atomic E-state index is 0.109. The van der Waals surface area contributed by atoms with Crippen molar-refractivity contribution in [2.45, 2.75) is 26.7 Å². The van der Waals surface area contributed by atoms with Crippen LogP contribution in [-0.2, 0) is 9.53 Å². The van der Waals surface area contributed by atoms with E-state index in [9.17, 15) is 4.79 Å². The maximum atomic E-state index is 11.6. The number of carbonyl (C=O) groups is 1. The Morgan fingerprint density at radius 1 is 1.42 bits per heavy atom. The summed E-state index contributed by atoms with van der Waals surface area (Å²) in [4.78, 5) is 11.6. The molecule has 1 aliphatic rings. The fourth-order valence-corrected chi connectivity index (χ4v) is 2.17. The van der Waals surface area contributed by atoms with E-state index in [0.29, 0.717) is 13.2 Å². The molecule has 0 aliphatic heterocycles. The second-order valence-electron chi connectivity index (χ2n) is 5.04. The van der Waals surface area contributed by atoms with E-state index in [-0.39, 0.29) is 11.4 Å². The zero-order chi connectivity index (χ0) is 13.9. The Hall–Kier alpha value is -1.71. The maximum absolute atomic E-state index is 11.6. The number of methoxy groups -OCH3 is 1. The molecule has 0 spiro atoms. The number of esters is 1. The highest BCUT2D eigenvalue weighted by Gasteiger charge is 2.50. The predicted molar refractivity (Wildman–Crippen MR) is 74.5 cm³/mol. The fraction of sp³-hybridized carbons (Fsp3) is 0.533. The van der Waals surface area contributed by atoms with Crippen LogP contribution >= 0.6 is 0 Å². The Balaban J connectivity index is 1.97. The van der Waals surface area contributed by atoms with Gasteiger partial charge < -0.3 is 14.8 Å². The molecule has 1 aromatic rings. The second kappa shape index (κ2) is 5.51. The van der Waals surface area contributed by atoms with Crippen LogP contribution < -0.4 is 10.1 Å². The van der Waals surface area contributed by atoms with Gasteiger partial charge in [-0.25, -0.2) is 0 Å². The number of benzene rings is 1. The highest BCUT2D eigenvalue weighted by atomic mass is 16.5. The van der Waals surface area contributed by atoms with E-state index in [2.05, 4.69) is 5.32 Å². The first-order valence-electron chi connectivity index (χ1n) is 6.67. The Bertz CT molecular complexity index is 466. The van der Waals surface area contributed by atoms with E-state index in [1.807, 2.05) is 32.0 Å². The Labute approximate surface area is 114 Å². The highest BCUT2D eigenvalue weighted by molar-refractivity contribution is 5.80. The van der Waals surface area contributed by atoms with Crippen molar-refractivity contribution in [3.63, 3.8) is 0 Å². The summed E-state index contributed by atoms with van der Waals surface area (Å²) < 4.78 is 10.3. The molecule has 0 radical (unpaired) electrons. The van der Waals surface area contributed by atoms with E-state index >= 15 is 0 Å². The lowest BCUT2D eigenvalue weighted by molar-refractivity contribution is -0.146. The molecule has 1 aromatic carbocycles. The molecule has 104 valence electrons. The van der Waals surface area contributed by atoms with Gasteiger partial charge in [0.25, 0.3) is 0 Å². The van der Waals surface area contributed by atoms with Crippen molar-refractivity contribution in [3.8, 4) is 5.75 Å². The number of anilines is 1. The van der Waals surface area contributed by atoms with Crippen molar-refractivity contribution in [2.75, 3.05) is 25.6 Å². The molecule has 0 unspecified atom stereocenters. The zero-order valence-electron chi connectivity index (χ0n) is 11.8. The van der Waals surface area contributed by atoms with Crippen molar-refractivity contribution in [1.82, 2.24) is 0 Å². The molecular formula is C15H21NO3. The number of carbonyl (C=O) groups excluding carboxylic acids is 1. The van der Waals surface area contributed by atoms with Crippen LogP contribution in [0, 0.1) is 12.3 Å². The van der Waals surface area contributed by atoms with Crippen LogP contribution in [0.3, 0.4) is 0 Å². The topological polar surface area (TPSA) is 47.6 Å². The van der Waals surface area contributed by atoms with Crippen LogP contribution in [0.15, 0.2) is 18.2 Å². The third-order valence-electron chi connectivity index (χ3n) is 3.58. The highest BCUT2D eigenvalue weighted by Crippen LogP contribution is 2.46.